The summed E-state index contributed by atoms with van der Waals surface area (Å²) in [5.41, 5.74) is 1.04. The molecule has 98 valence electrons. The van der Waals surface area contributed by atoms with Gasteiger partial charge in [0.1, 0.15) is 0 Å². The lowest BCUT2D eigenvalue weighted by Crippen LogP contribution is -2.32. The fourth-order valence-corrected chi connectivity index (χ4v) is 2.11. The van der Waals surface area contributed by atoms with E-state index in [-0.39, 0.29) is 0 Å². The van der Waals surface area contributed by atoms with Crippen LogP contribution in [-0.4, -0.2) is 30.4 Å². The molecule has 1 aromatic rings. The summed E-state index contributed by atoms with van der Waals surface area (Å²) in [6.45, 7) is 6.58. The van der Waals surface area contributed by atoms with Crippen LogP contribution in [0.4, 0.5) is 5.69 Å². The first kappa shape index (κ1) is 14.6. The van der Waals surface area contributed by atoms with Gasteiger partial charge < -0.3 is 10.0 Å². The molecule has 0 saturated heterocycles. The smallest absolute Gasteiger partial charge is 0.308 e. The maximum Gasteiger partial charge on any atom is 0.308 e. The first-order chi connectivity index (χ1) is 8.58. The third-order valence-electron chi connectivity index (χ3n) is 2.68. The normalized spacial score (nSPS) is 11.9. The average Bonchev–Trinajstić information content (AvgIpc) is 2.38. The molecule has 1 N–H and O–H groups in total. The van der Waals surface area contributed by atoms with E-state index in [4.69, 9.17) is 5.11 Å². The lowest BCUT2D eigenvalue weighted by Gasteiger charge is -2.25. The van der Waals surface area contributed by atoms with E-state index in [2.05, 4.69) is 12.6 Å². The highest BCUT2D eigenvalue weighted by atomic mass is 32.2. The Morgan fingerprint density at radius 1 is 1.61 bits per heavy atom. The molecular weight excluding hydrogens is 246 g/mol. The van der Waals surface area contributed by atoms with Crippen LogP contribution in [0.2, 0.25) is 0 Å². The fourth-order valence-electron chi connectivity index (χ4n) is 1.66. The predicted octanol–water partition coefficient (Wildman–Crippen LogP) is 3.12. The van der Waals surface area contributed by atoms with Gasteiger partial charge in [0.2, 0.25) is 0 Å². The molecule has 0 aliphatic carbocycles. The second-order valence-corrected chi connectivity index (χ2v) is 5.01. The molecule has 0 bridgehead atoms. The van der Waals surface area contributed by atoms with Crippen LogP contribution in [-0.2, 0) is 4.79 Å². The first-order valence-electron chi connectivity index (χ1n) is 5.81. The zero-order chi connectivity index (χ0) is 13.5. The van der Waals surface area contributed by atoms with Gasteiger partial charge in [-0.05, 0) is 24.5 Å². The number of benzene rings is 1. The zero-order valence-corrected chi connectivity index (χ0v) is 11.6. The summed E-state index contributed by atoms with van der Waals surface area (Å²) >= 11 is 1.67. The minimum Gasteiger partial charge on any atom is -0.481 e. The van der Waals surface area contributed by atoms with E-state index in [1.165, 1.54) is 4.90 Å². The number of carboxylic acids is 1. The van der Waals surface area contributed by atoms with Crippen LogP contribution in [0.15, 0.2) is 41.8 Å². The summed E-state index contributed by atoms with van der Waals surface area (Å²) in [7, 11) is 0. The van der Waals surface area contributed by atoms with Gasteiger partial charge in [-0.2, -0.15) is 0 Å². The Morgan fingerprint density at radius 2 is 2.33 bits per heavy atom. The molecular formula is C14H19NO2S. The molecule has 1 aromatic carbocycles. The van der Waals surface area contributed by atoms with Crippen molar-refractivity contribution >= 4 is 23.4 Å². The molecule has 1 unspecified atom stereocenters. The molecule has 0 saturated carbocycles. The van der Waals surface area contributed by atoms with Gasteiger partial charge in [0.15, 0.2) is 0 Å². The van der Waals surface area contributed by atoms with Gasteiger partial charge in [0.05, 0.1) is 5.92 Å². The van der Waals surface area contributed by atoms with Gasteiger partial charge in [-0.25, -0.2) is 0 Å². The molecule has 4 heteroatoms. The molecule has 0 amide bonds. The molecule has 0 radical (unpaired) electrons. The fraction of sp³-hybridized carbons (Fsp3) is 0.357. The number of nitrogens with zero attached hydrogens (tertiary/aromatic N) is 1. The molecule has 0 heterocycles. The number of aliphatic carboxylic acids is 1. The number of rotatable bonds is 7. The third-order valence-corrected chi connectivity index (χ3v) is 3.41. The summed E-state index contributed by atoms with van der Waals surface area (Å²) in [5, 5.41) is 8.99. The quantitative estimate of drug-likeness (QED) is 0.607. The summed E-state index contributed by atoms with van der Waals surface area (Å²) in [6.07, 6.45) is 3.82. The predicted molar refractivity (Wildman–Crippen MR) is 77.4 cm³/mol. The molecule has 1 rings (SSSR count). The van der Waals surface area contributed by atoms with Gasteiger partial charge in [0, 0.05) is 23.7 Å². The monoisotopic (exact) mass is 265 g/mol. The Hall–Kier alpha value is -1.42. The Balaban J connectivity index is 2.88. The van der Waals surface area contributed by atoms with Crippen molar-refractivity contribution in [2.75, 3.05) is 24.2 Å². The SMILES string of the molecule is C=CCN(CC(C)C(=O)O)c1cccc(SC)c1. The van der Waals surface area contributed by atoms with Crippen molar-refractivity contribution in [3.63, 3.8) is 0 Å². The molecule has 0 fully saturated rings. The van der Waals surface area contributed by atoms with Crippen molar-refractivity contribution < 1.29 is 9.90 Å². The lowest BCUT2D eigenvalue weighted by molar-refractivity contribution is -0.140. The summed E-state index contributed by atoms with van der Waals surface area (Å²) < 4.78 is 0. The minimum atomic E-state index is -0.773. The van der Waals surface area contributed by atoms with Crippen LogP contribution < -0.4 is 4.90 Å². The molecule has 0 spiro atoms. The van der Waals surface area contributed by atoms with E-state index < -0.39 is 11.9 Å². The Morgan fingerprint density at radius 3 is 2.89 bits per heavy atom. The van der Waals surface area contributed by atoms with Gasteiger partial charge >= 0.3 is 5.97 Å². The maximum atomic E-state index is 10.9. The zero-order valence-electron chi connectivity index (χ0n) is 10.8. The van der Waals surface area contributed by atoms with E-state index in [0.717, 1.165) is 5.69 Å². The summed E-state index contributed by atoms with van der Waals surface area (Å²) in [6, 6.07) is 8.10. The van der Waals surface area contributed by atoms with Crippen molar-refractivity contribution in [1.29, 1.82) is 0 Å². The topological polar surface area (TPSA) is 40.5 Å². The number of thioether (sulfide) groups is 1. The van der Waals surface area contributed by atoms with E-state index in [9.17, 15) is 4.79 Å². The number of hydrogen-bond acceptors (Lipinski definition) is 3. The number of carboxylic acid groups (broad SMARTS) is 1. The third kappa shape index (κ3) is 4.11. The standard InChI is InChI=1S/C14H19NO2S/c1-4-8-15(10-11(2)14(16)17)12-6-5-7-13(9-12)18-3/h4-7,9,11H,1,8,10H2,2-3H3,(H,16,17). The second-order valence-electron chi connectivity index (χ2n) is 4.13. The van der Waals surface area contributed by atoms with Crippen LogP contribution >= 0.6 is 11.8 Å². The highest BCUT2D eigenvalue weighted by Crippen LogP contribution is 2.23. The largest absolute Gasteiger partial charge is 0.481 e. The molecule has 18 heavy (non-hydrogen) atoms. The maximum absolute atomic E-state index is 10.9. The molecule has 1 atom stereocenters. The minimum absolute atomic E-state index is 0.400. The summed E-state index contributed by atoms with van der Waals surface area (Å²) in [4.78, 5) is 14.1. The lowest BCUT2D eigenvalue weighted by atomic mass is 10.1. The number of carbonyl (C=O) groups is 1. The Bertz CT molecular complexity index is 420. The highest BCUT2D eigenvalue weighted by Gasteiger charge is 2.15. The molecule has 0 aromatic heterocycles. The van der Waals surface area contributed by atoms with Gasteiger partial charge in [-0.3, -0.25) is 4.79 Å². The van der Waals surface area contributed by atoms with Crippen LogP contribution in [0.1, 0.15) is 6.92 Å². The molecule has 3 nitrogen and oxygen atoms in total. The van der Waals surface area contributed by atoms with E-state index in [1.54, 1.807) is 24.8 Å². The average molecular weight is 265 g/mol. The van der Waals surface area contributed by atoms with E-state index in [0.29, 0.717) is 13.1 Å². The van der Waals surface area contributed by atoms with Crippen molar-refractivity contribution in [3.8, 4) is 0 Å². The van der Waals surface area contributed by atoms with Crippen molar-refractivity contribution in [1.82, 2.24) is 0 Å². The summed E-state index contributed by atoms with van der Waals surface area (Å²) in [5.74, 6) is -1.17. The van der Waals surface area contributed by atoms with Crippen LogP contribution in [0.5, 0.6) is 0 Å². The second kappa shape index (κ2) is 7.11. The number of hydrogen-bond donors (Lipinski definition) is 1. The molecule has 0 aliphatic heterocycles. The number of anilines is 1. The van der Waals surface area contributed by atoms with E-state index >= 15 is 0 Å². The van der Waals surface area contributed by atoms with Crippen LogP contribution in [0.25, 0.3) is 0 Å². The van der Waals surface area contributed by atoms with Gasteiger partial charge in [-0.15, -0.1) is 18.3 Å². The van der Waals surface area contributed by atoms with Crippen molar-refractivity contribution in [2.45, 2.75) is 11.8 Å². The van der Waals surface area contributed by atoms with E-state index in [1.807, 2.05) is 29.4 Å². The van der Waals surface area contributed by atoms with Crippen molar-refractivity contribution in [2.24, 2.45) is 5.92 Å². The van der Waals surface area contributed by atoms with Gasteiger partial charge in [0.25, 0.3) is 0 Å². The van der Waals surface area contributed by atoms with Gasteiger partial charge in [-0.1, -0.05) is 19.1 Å². The van der Waals surface area contributed by atoms with Crippen LogP contribution in [0.3, 0.4) is 0 Å². The van der Waals surface area contributed by atoms with Crippen molar-refractivity contribution in [3.05, 3.63) is 36.9 Å². The van der Waals surface area contributed by atoms with Crippen LogP contribution in [0, 0.1) is 5.92 Å². The molecule has 0 aliphatic rings. The first-order valence-corrected chi connectivity index (χ1v) is 7.03. The highest BCUT2D eigenvalue weighted by molar-refractivity contribution is 7.98. The Kier molecular flexibility index (Phi) is 5.78. The Labute approximate surface area is 113 Å².